The number of ether oxygens (including phenoxy) is 2. The van der Waals surface area contributed by atoms with Crippen molar-refractivity contribution in [3.8, 4) is 0 Å². The average Bonchev–Trinajstić information content (AvgIpc) is 3.57. The number of hydrogen-bond acceptors (Lipinski definition) is 8. The molecule has 0 aromatic heterocycles. The molecule has 0 aromatic carbocycles. The fourth-order valence-electron chi connectivity index (χ4n) is 9.30. The first kappa shape index (κ1) is 37.6. The zero-order valence-electron chi connectivity index (χ0n) is 30.2. The Morgan fingerprint density at radius 1 is 0.816 bits per heavy atom. The van der Waals surface area contributed by atoms with E-state index in [9.17, 15) is 20.4 Å². The van der Waals surface area contributed by atoms with Gasteiger partial charge in [0.15, 0.2) is 12.6 Å². The van der Waals surface area contributed by atoms with E-state index in [4.69, 9.17) is 9.47 Å². The van der Waals surface area contributed by atoms with E-state index in [1.165, 1.54) is 30.4 Å². The number of allylic oxidation sites excluding steroid dienone is 8. The maximum atomic E-state index is 11.3. The molecule has 9 unspecified atom stereocenters. The third-order valence-electron chi connectivity index (χ3n) is 12.6. The highest BCUT2D eigenvalue weighted by Crippen LogP contribution is 2.52. The van der Waals surface area contributed by atoms with Crippen molar-refractivity contribution in [3.05, 3.63) is 58.6 Å². The Labute approximate surface area is 304 Å². The number of thioether (sulfide) groups is 2. The van der Waals surface area contributed by atoms with Gasteiger partial charge in [0.2, 0.25) is 0 Å². The lowest BCUT2D eigenvalue weighted by Gasteiger charge is -2.36. The molecule has 4 N–H and O–H groups in total. The smallest absolute Gasteiger partial charge is 0.199 e. The normalized spacial score (nSPS) is 36.4. The van der Waals surface area contributed by atoms with Gasteiger partial charge in [-0.3, -0.25) is 0 Å². The predicted octanol–water partition coefficient (Wildman–Crippen LogP) is 8.57. The van der Waals surface area contributed by atoms with Crippen LogP contribution in [-0.2, 0) is 9.47 Å². The van der Waals surface area contributed by atoms with Gasteiger partial charge >= 0.3 is 0 Å². The highest BCUT2D eigenvalue weighted by atomic mass is 32.2. The first-order chi connectivity index (χ1) is 23.6. The molecule has 2 saturated carbocycles. The third-order valence-corrected chi connectivity index (χ3v) is 16.0. The largest absolute Gasteiger partial charge is 0.469 e. The van der Waals surface area contributed by atoms with E-state index < -0.39 is 12.6 Å². The van der Waals surface area contributed by atoms with Crippen LogP contribution in [0.25, 0.3) is 0 Å². The molecule has 8 heteroatoms. The second-order valence-electron chi connectivity index (χ2n) is 15.9. The lowest BCUT2D eigenvalue weighted by molar-refractivity contribution is -0.126. The van der Waals surface area contributed by atoms with Gasteiger partial charge < -0.3 is 29.9 Å². The quantitative estimate of drug-likeness (QED) is 0.141. The second-order valence-corrected chi connectivity index (χ2v) is 18.9. The van der Waals surface area contributed by atoms with Gasteiger partial charge in [-0.25, -0.2) is 0 Å². The summed E-state index contributed by atoms with van der Waals surface area (Å²) in [5.41, 5.74) is 4.59. The number of aliphatic hydroxyl groups is 4. The SMILES string of the molecule is CCC(O)C1CCC(C(O)OC2=CC=C(OC(O)C3CCC(C(O)CC)CC3)C(SC(C)C3CC4C5=C(C=CC4S3)C=C(C)CC5)C2)CC1. The molecular weight excluding hydrogens is 653 g/mol. The van der Waals surface area contributed by atoms with Crippen molar-refractivity contribution >= 4 is 23.5 Å². The van der Waals surface area contributed by atoms with Crippen molar-refractivity contribution in [2.45, 2.75) is 163 Å². The molecule has 1 saturated heterocycles. The van der Waals surface area contributed by atoms with Crippen molar-refractivity contribution in [2.24, 2.45) is 29.6 Å². The first-order valence-corrected chi connectivity index (χ1v) is 21.4. The summed E-state index contributed by atoms with van der Waals surface area (Å²) in [6.07, 6.45) is 21.7. The van der Waals surface area contributed by atoms with Gasteiger partial charge in [-0.15, -0.1) is 23.5 Å². The summed E-state index contributed by atoms with van der Waals surface area (Å²) in [6, 6.07) is 0. The fourth-order valence-corrected chi connectivity index (χ4v) is 12.6. The highest BCUT2D eigenvalue weighted by molar-refractivity contribution is 8.04. The number of rotatable bonds is 13. The summed E-state index contributed by atoms with van der Waals surface area (Å²) in [5.74, 6) is 2.96. The van der Waals surface area contributed by atoms with Crippen LogP contribution in [0.3, 0.4) is 0 Å². The van der Waals surface area contributed by atoms with Crippen LogP contribution in [0.15, 0.2) is 58.6 Å². The van der Waals surface area contributed by atoms with Gasteiger partial charge in [0, 0.05) is 34.0 Å². The molecule has 0 aromatic rings. The zero-order chi connectivity index (χ0) is 34.7. The maximum absolute atomic E-state index is 11.3. The molecule has 274 valence electrons. The van der Waals surface area contributed by atoms with E-state index in [1.54, 1.807) is 5.57 Å². The molecule has 9 atom stereocenters. The van der Waals surface area contributed by atoms with E-state index in [2.05, 4.69) is 43.8 Å². The molecule has 3 fully saturated rings. The van der Waals surface area contributed by atoms with Crippen molar-refractivity contribution < 1.29 is 29.9 Å². The van der Waals surface area contributed by atoms with Gasteiger partial charge in [-0.1, -0.05) is 50.1 Å². The highest BCUT2D eigenvalue weighted by Gasteiger charge is 2.42. The van der Waals surface area contributed by atoms with Crippen LogP contribution in [0.2, 0.25) is 0 Å². The molecular formula is C41H62O6S2. The van der Waals surface area contributed by atoms with Crippen LogP contribution >= 0.6 is 23.5 Å². The van der Waals surface area contributed by atoms with E-state index in [-0.39, 0.29) is 29.3 Å². The Bertz CT molecular complexity index is 1270. The minimum atomic E-state index is -0.874. The summed E-state index contributed by atoms with van der Waals surface area (Å²) in [7, 11) is 0. The summed E-state index contributed by atoms with van der Waals surface area (Å²) in [5, 5.41) is 44.6. The van der Waals surface area contributed by atoms with E-state index in [0.717, 1.165) is 75.7 Å². The van der Waals surface area contributed by atoms with E-state index in [0.29, 0.717) is 39.9 Å². The van der Waals surface area contributed by atoms with Crippen molar-refractivity contribution in [3.63, 3.8) is 0 Å². The molecule has 6 nitrogen and oxygen atoms in total. The summed E-state index contributed by atoms with van der Waals surface area (Å²) >= 11 is 4.06. The summed E-state index contributed by atoms with van der Waals surface area (Å²) in [4.78, 5) is 0. The molecule has 49 heavy (non-hydrogen) atoms. The minimum Gasteiger partial charge on any atom is -0.469 e. The average molecular weight is 715 g/mol. The van der Waals surface area contributed by atoms with Crippen molar-refractivity contribution in [1.82, 2.24) is 0 Å². The first-order valence-electron chi connectivity index (χ1n) is 19.5. The molecule has 0 amide bonds. The molecule has 0 radical (unpaired) electrons. The van der Waals surface area contributed by atoms with Crippen molar-refractivity contribution in [1.29, 1.82) is 0 Å². The predicted molar refractivity (Wildman–Crippen MR) is 202 cm³/mol. The molecule has 6 rings (SSSR count). The Morgan fingerprint density at radius 2 is 1.41 bits per heavy atom. The minimum absolute atomic E-state index is 0.0145. The van der Waals surface area contributed by atoms with Crippen LogP contribution in [0.1, 0.15) is 118 Å². The van der Waals surface area contributed by atoms with Gasteiger partial charge in [0.05, 0.1) is 17.5 Å². The van der Waals surface area contributed by atoms with Gasteiger partial charge in [0.1, 0.15) is 11.5 Å². The standard InChI is InChI=1S/C41H62O6S2/c1-5-34(42)26-8-12-28(13-9-26)40(44)46-31-17-19-36(47-41(45)29-14-10-27(11-15-29)35(43)6-2)39(22-31)48-25(4)38-23-33-32-18-7-24(3)21-30(32)16-20-37(33)49-38/h16-17,19-21,25-29,33-35,37-45H,5-15,18,22-23H2,1-4H3. The van der Waals surface area contributed by atoms with Gasteiger partial charge in [-0.05, 0) is 126 Å². The lowest BCUT2D eigenvalue weighted by atomic mass is 9.78. The van der Waals surface area contributed by atoms with Gasteiger partial charge in [-0.2, -0.15) is 0 Å². The number of fused-ring (bicyclic) bond motifs is 2. The maximum Gasteiger partial charge on any atom is 0.199 e. The molecule has 1 aliphatic heterocycles. The third kappa shape index (κ3) is 9.08. The molecule has 0 bridgehead atoms. The number of hydrogen-bond donors (Lipinski definition) is 4. The van der Waals surface area contributed by atoms with Crippen molar-refractivity contribution in [2.75, 3.05) is 0 Å². The van der Waals surface area contributed by atoms with E-state index >= 15 is 0 Å². The Hall–Kier alpha value is -1.16. The van der Waals surface area contributed by atoms with Gasteiger partial charge in [0.25, 0.3) is 0 Å². The van der Waals surface area contributed by atoms with E-state index in [1.807, 2.05) is 37.8 Å². The molecule has 5 aliphatic carbocycles. The van der Waals surface area contributed by atoms with Crippen LogP contribution in [0.5, 0.6) is 0 Å². The van der Waals surface area contributed by atoms with Crippen LogP contribution in [-0.4, -0.2) is 66.2 Å². The Morgan fingerprint density at radius 3 is 2.02 bits per heavy atom. The zero-order valence-corrected chi connectivity index (χ0v) is 31.8. The number of aliphatic hydroxyl groups excluding tert-OH is 4. The lowest BCUT2D eigenvalue weighted by Crippen LogP contribution is -2.34. The summed E-state index contributed by atoms with van der Waals surface area (Å²) < 4.78 is 12.7. The molecule has 6 aliphatic rings. The monoisotopic (exact) mass is 714 g/mol. The fraction of sp³-hybridized carbons (Fsp3) is 0.756. The van der Waals surface area contributed by atoms with Crippen LogP contribution in [0.4, 0.5) is 0 Å². The van der Waals surface area contributed by atoms with Crippen LogP contribution in [0, 0.1) is 29.6 Å². The van der Waals surface area contributed by atoms with Crippen LogP contribution < -0.4 is 0 Å². The topological polar surface area (TPSA) is 99.4 Å². The second kappa shape index (κ2) is 17.1. The molecule has 1 heterocycles. The summed E-state index contributed by atoms with van der Waals surface area (Å²) in [6.45, 7) is 8.67. The Balaban J connectivity index is 1.11. The Kier molecular flexibility index (Phi) is 13.1. The molecule has 0 spiro atoms.